The topological polar surface area (TPSA) is 49.4 Å². The van der Waals surface area contributed by atoms with Gasteiger partial charge in [-0.2, -0.15) is 4.31 Å². The number of rotatable bonds is 4. The maximum Gasteiger partial charge on any atom is 0.249 e. The van der Waals surface area contributed by atoms with E-state index in [9.17, 15) is 26.0 Å². The summed E-state index contributed by atoms with van der Waals surface area (Å²) in [5.41, 5.74) is 0. The molecule has 22 heavy (non-hydrogen) atoms. The van der Waals surface area contributed by atoms with Gasteiger partial charge in [0.2, 0.25) is 10.0 Å². The van der Waals surface area contributed by atoms with Crippen LogP contribution in [-0.4, -0.2) is 38.4 Å². The Morgan fingerprint density at radius 3 is 2.36 bits per heavy atom. The fourth-order valence-electron chi connectivity index (χ4n) is 2.53. The lowest BCUT2D eigenvalue weighted by atomic mass is 10.1. The van der Waals surface area contributed by atoms with Crippen LogP contribution in [0.2, 0.25) is 0 Å². The highest BCUT2D eigenvalue weighted by molar-refractivity contribution is 7.89. The van der Waals surface area contributed by atoms with Crippen molar-refractivity contribution < 1.29 is 26.0 Å². The van der Waals surface area contributed by atoms with Crippen LogP contribution in [0.5, 0.6) is 0 Å². The molecule has 1 aliphatic heterocycles. The molecule has 2 rings (SSSR count). The van der Waals surface area contributed by atoms with Crippen LogP contribution in [0.15, 0.2) is 11.0 Å². The second kappa shape index (κ2) is 6.51. The summed E-state index contributed by atoms with van der Waals surface area (Å²) >= 11 is 0. The number of nitrogens with one attached hydrogen (secondary N) is 1. The van der Waals surface area contributed by atoms with Gasteiger partial charge in [-0.15, -0.1) is 0 Å². The molecule has 1 aromatic carbocycles. The van der Waals surface area contributed by atoms with Crippen molar-refractivity contribution in [1.29, 1.82) is 0 Å². The van der Waals surface area contributed by atoms with Crippen LogP contribution in [0, 0.1) is 23.3 Å². The van der Waals surface area contributed by atoms with Crippen molar-refractivity contribution in [2.45, 2.75) is 30.7 Å². The van der Waals surface area contributed by atoms with E-state index in [0.29, 0.717) is 25.9 Å². The van der Waals surface area contributed by atoms with E-state index in [4.69, 9.17) is 0 Å². The van der Waals surface area contributed by atoms with Gasteiger partial charge in [-0.1, -0.05) is 13.3 Å². The first-order valence-corrected chi connectivity index (χ1v) is 8.30. The van der Waals surface area contributed by atoms with Crippen LogP contribution < -0.4 is 5.32 Å². The van der Waals surface area contributed by atoms with Gasteiger partial charge in [0.15, 0.2) is 28.2 Å². The molecule has 1 fully saturated rings. The van der Waals surface area contributed by atoms with Gasteiger partial charge in [0.1, 0.15) is 0 Å². The van der Waals surface area contributed by atoms with E-state index in [2.05, 4.69) is 5.32 Å². The molecule has 1 N–H and O–H groups in total. The van der Waals surface area contributed by atoms with E-state index in [1.807, 2.05) is 6.92 Å². The van der Waals surface area contributed by atoms with E-state index in [1.54, 1.807) is 0 Å². The Morgan fingerprint density at radius 2 is 1.82 bits per heavy atom. The van der Waals surface area contributed by atoms with Gasteiger partial charge in [0, 0.05) is 31.7 Å². The summed E-state index contributed by atoms with van der Waals surface area (Å²) in [6.07, 6.45) is 1.12. The van der Waals surface area contributed by atoms with Crippen molar-refractivity contribution in [2.24, 2.45) is 0 Å². The first kappa shape index (κ1) is 17.2. The van der Waals surface area contributed by atoms with Gasteiger partial charge in [-0.25, -0.2) is 26.0 Å². The van der Waals surface area contributed by atoms with Gasteiger partial charge >= 0.3 is 0 Å². The fourth-order valence-corrected chi connectivity index (χ4v) is 4.32. The van der Waals surface area contributed by atoms with E-state index in [1.165, 1.54) is 0 Å². The number of sulfonamides is 1. The Hall–Kier alpha value is -1.19. The molecule has 0 amide bonds. The lowest BCUT2D eigenvalue weighted by Crippen LogP contribution is -2.53. The Bertz CT molecular complexity index is 638. The summed E-state index contributed by atoms with van der Waals surface area (Å²) in [7, 11) is -4.68. The van der Waals surface area contributed by atoms with E-state index in [-0.39, 0.29) is 12.6 Å². The molecule has 1 unspecified atom stereocenters. The van der Waals surface area contributed by atoms with Crippen molar-refractivity contribution in [3.8, 4) is 0 Å². The average molecular weight is 340 g/mol. The van der Waals surface area contributed by atoms with Crippen molar-refractivity contribution in [2.75, 3.05) is 19.6 Å². The third-order valence-electron chi connectivity index (χ3n) is 3.56. The highest BCUT2D eigenvalue weighted by Gasteiger charge is 2.38. The van der Waals surface area contributed by atoms with Gasteiger partial charge in [-0.3, -0.25) is 0 Å². The minimum absolute atomic E-state index is 0.00896. The van der Waals surface area contributed by atoms with Gasteiger partial charge in [0.25, 0.3) is 0 Å². The third-order valence-corrected chi connectivity index (χ3v) is 5.53. The number of hydrogen-bond acceptors (Lipinski definition) is 3. The molecule has 1 saturated heterocycles. The number of nitrogens with zero attached hydrogens (tertiary/aromatic N) is 1. The third kappa shape index (κ3) is 2.97. The lowest BCUT2D eigenvalue weighted by molar-refractivity contribution is 0.252. The molecule has 0 bridgehead atoms. The minimum Gasteiger partial charge on any atom is -0.314 e. The second-order valence-corrected chi connectivity index (χ2v) is 6.89. The molecule has 1 aromatic rings. The molecule has 4 nitrogen and oxygen atoms in total. The van der Waals surface area contributed by atoms with Crippen LogP contribution in [0.3, 0.4) is 0 Å². The highest BCUT2D eigenvalue weighted by Crippen LogP contribution is 2.29. The summed E-state index contributed by atoms with van der Waals surface area (Å²) in [4.78, 5) is -1.56. The molecule has 0 spiro atoms. The summed E-state index contributed by atoms with van der Waals surface area (Å²) < 4.78 is 80.1. The molecule has 0 saturated carbocycles. The van der Waals surface area contributed by atoms with Crippen LogP contribution >= 0.6 is 0 Å². The minimum atomic E-state index is -4.68. The van der Waals surface area contributed by atoms with Crippen molar-refractivity contribution in [3.63, 3.8) is 0 Å². The van der Waals surface area contributed by atoms with Gasteiger partial charge in [-0.05, 0) is 6.42 Å². The fraction of sp³-hybridized carbons (Fsp3) is 0.538. The Morgan fingerprint density at radius 1 is 1.23 bits per heavy atom. The van der Waals surface area contributed by atoms with Crippen LogP contribution in [0.4, 0.5) is 17.6 Å². The van der Waals surface area contributed by atoms with Crippen molar-refractivity contribution in [1.82, 2.24) is 9.62 Å². The molecular formula is C13H16F4N2O2S. The van der Waals surface area contributed by atoms with Crippen molar-refractivity contribution in [3.05, 3.63) is 29.3 Å². The number of piperazine rings is 1. The van der Waals surface area contributed by atoms with Gasteiger partial charge in [0.05, 0.1) is 0 Å². The normalized spacial score (nSPS) is 20.3. The summed E-state index contributed by atoms with van der Waals surface area (Å²) in [5, 5.41) is 2.98. The van der Waals surface area contributed by atoms with Crippen LogP contribution in [0.1, 0.15) is 19.8 Å². The predicted molar refractivity (Wildman–Crippen MR) is 71.7 cm³/mol. The largest absolute Gasteiger partial charge is 0.314 e. The molecule has 0 aliphatic carbocycles. The summed E-state index contributed by atoms with van der Waals surface area (Å²) in [6, 6.07) is -0.529. The monoisotopic (exact) mass is 340 g/mol. The smallest absolute Gasteiger partial charge is 0.249 e. The van der Waals surface area contributed by atoms with E-state index < -0.39 is 44.2 Å². The number of hydrogen-bond donors (Lipinski definition) is 1. The second-order valence-electron chi connectivity index (χ2n) is 5.06. The lowest BCUT2D eigenvalue weighted by Gasteiger charge is -2.35. The average Bonchev–Trinajstić information content (AvgIpc) is 2.46. The standard InChI is InChI=1S/C13H16F4N2O2S/c1-2-3-8-7-18-4-5-19(8)22(20,21)13-11(16)9(14)6-10(15)12(13)17/h6,8,18H,2-5,7H2,1H3. The molecule has 1 aliphatic rings. The first-order valence-electron chi connectivity index (χ1n) is 6.86. The molecule has 1 atom stereocenters. The van der Waals surface area contributed by atoms with Crippen molar-refractivity contribution >= 4 is 10.0 Å². The van der Waals surface area contributed by atoms with Crippen LogP contribution in [-0.2, 0) is 10.0 Å². The molecule has 0 aromatic heterocycles. The number of halogens is 4. The Balaban J connectivity index is 2.54. The predicted octanol–water partition coefficient (Wildman–Crippen LogP) is 2.01. The van der Waals surface area contributed by atoms with E-state index in [0.717, 1.165) is 4.31 Å². The molecule has 0 radical (unpaired) electrons. The van der Waals surface area contributed by atoms with Crippen LogP contribution in [0.25, 0.3) is 0 Å². The quantitative estimate of drug-likeness (QED) is 0.674. The zero-order valence-electron chi connectivity index (χ0n) is 11.9. The maximum absolute atomic E-state index is 13.8. The highest BCUT2D eigenvalue weighted by atomic mass is 32.2. The first-order chi connectivity index (χ1) is 10.3. The Labute approximate surface area is 126 Å². The molecule has 9 heteroatoms. The zero-order valence-corrected chi connectivity index (χ0v) is 12.7. The number of benzene rings is 1. The Kier molecular flexibility index (Phi) is 5.08. The van der Waals surface area contributed by atoms with E-state index >= 15 is 0 Å². The molecule has 124 valence electrons. The van der Waals surface area contributed by atoms with Gasteiger partial charge < -0.3 is 5.32 Å². The SMILES string of the molecule is CCCC1CNCCN1S(=O)(=O)c1c(F)c(F)cc(F)c1F. The molecule has 1 heterocycles. The summed E-state index contributed by atoms with van der Waals surface area (Å²) in [6.45, 7) is 2.42. The molecular weight excluding hydrogens is 324 g/mol. The maximum atomic E-state index is 13.8. The summed E-state index contributed by atoms with van der Waals surface area (Å²) in [5.74, 6) is -7.26. The zero-order chi connectivity index (χ0) is 16.5.